The van der Waals surface area contributed by atoms with Crippen molar-refractivity contribution in [1.29, 1.82) is 0 Å². The second-order valence-corrected chi connectivity index (χ2v) is 4.02. The summed E-state index contributed by atoms with van der Waals surface area (Å²) in [5.41, 5.74) is -4.62. The Kier molecular flexibility index (Phi) is 3.15. The van der Waals surface area contributed by atoms with Crippen LogP contribution in [0.2, 0.25) is 0 Å². The van der Waals surface area contributed by atoms with E-state index < -0.39 is 35.3 Å². The van der Waals surface area contributed by atoms with Crippen LogP contribution >= 0.6 is 0 Å². The van der Waals surface area contributed by atoms with E-state index >= 15 is 0 Å². The lowest BCUT2D eigenvalue weighted by Crippen LogP contribution is -2.37. The maximum absolute atomic E-state index is 12.6. The molecule has 0 radical (unpaired) electrons. The van der Waals surface area contributed by atoms with Gasteiger partial charge < -0.3 is 0 Å². The maximum Gasteiger partial charge on any atom is 0.412 e. The number of aldehydes is 1. The Balaban J connectivity index is 3.25. The molecule has 1 nitrogen and oxygen atoms in total. The molecule has 17 heavy (non-hydrogen) atoms. The zero-order valence-electron chi connectivity index (χ0n) is 8.62. The molecule has 0 spiro atoms. The number of alkyl halides is 6. The van der Waals surface area contributed by atoms with E-state index in [9.17, 15) is 31.1 Å². The van der Waals surface area contributed by atoms with Crippen molar-refractivity contribution in [2.45, 2.75) is 25.7 Å². The maximum atomic E-state index is 12.6. The largest absolute Gasteiger partial charge is 0.412 e. The smallest absolute Gasteiger partial charge is 0.298 e. The van der Waals surface area contributed by atoms with Crippen LogP contribution in [0.25, 0.3) is 0 Å². The SMILES string of the molecule is CC1(C(F)(F)F)C=C(C=O)C=C(C(F)(F)F)C1. The third-order valence-electron chi connectivity index (χ3n) is 2.53. The molecule has 1 aliphatic carbocycles. The summed E-state index contributed by atoms with van der Waals surface area (Å²) >= 11 is 0. The van der Waals surface area contributed by atoms with E-state index in [0.717, 1.165) is 0 Å². The van der Waals surface area contributed by atoms with E-state index in [1.165, 1.54) is 0 Å². The number of carbonyl (C=O) groups excluding carboxylic acids is 1. The van der Waals surface area contributed by atoms with E-state index in [0.29, 0.717) is 19.1 Å². The zero-order valence-corrected chi connectivity index (χ0v) is 8.62. The molecule has 0 bridgehead atoms. The monoisotopic (exact) mass is 258 g/mol. The Morgan fingerprint density at radius 1 is 1.24 bits per heavy atom. The van der Waals surface area contributed by atoms with Gasteiger partial charge in [-0.15, -0.1) is 0 Å². The fraction of sp³-hybridized carbons (Fsp3) is 0.500. The van der Waals surface area contributed by atoms with E-state index in [4.69, 9.17) is 0 Å². The van der Waals surface area contributed by atoms with Crippen molar-refractivity contribution >= 4 is 6.29 Å². The summed E-state index contributed by atoms with van der Waals surface area (Å²) in [5.74, 6) is 0. The highest BCUT2D eigenvalue weighted by molar-refractivity contribution is 5.78. The summed E-state index contributed by atoms with van der Waals surface area (Å²) in [6.07, 6.45) is -9.97. The molecule has 0 N–H and O–H groups in total. The summed E-state index contributed by atoms with van der Waals surface area (Å²) in [6.45, 7) is 0.634. The van der Waals surface area contributed by atoms with Crippen LogP contribution < -0.4 is 0 Å². The summed E-state index contributed by atoms with van der Waals surface area (Å²) in [7, 11) is 0. The van der Waals surface area contributed by atoms with Gasteiger partial charge in [0.15, 0.2) is 0 Å². The highest BCUT2D eigenvalue weighted by Gasteiger charge is 2.53. The highest BCUT2D eigenvalue weighted by Crippen LogP contribution is 2.49. The van der Waals surface area contributed by atoms with Crippen LogP contribution in [0.5, 0.6) is 0 Å². The van der Waals surface area contributed by atoms with Crippen LogP contribution in [0.1, 0.15) is 13.3 Å². The summed E-state index contributed by atoms with van der Waals surface area (Å²) in [6, 6.07) is 0. The number of rotatable bonds is 1. The predicted octanol–water partition coefficient (Wildman–Crippen LogP) is 3.57. The molecule has 0 amide bonds. The minimum atomic E-state index is -4.87. The van der Waals surface area contributed by atoms with Gasteiger partial charge in [0.25, 0.3) is 0 Å². The average Bonchev–Trinajstić information content (AvgIpc) is 2.13. The highest BCUT2D eigenvalue weighted by atomic mass is 19.4. The molecule has 0 aromatic heterocycles. The Hall–Kier alpha value is -1.27. The minimum absolute atomic E-state index is 0.0190. The fourth-order valence-electron chi connectivity index (χ4n) is 1.54. The molecular formula is C10H8F6O. The van der Waals surface area contributed by atoms with Gasteiger partial charge in [-0.25, -0.2) is 0 Å². The van der Waals surface area contributed by atoms with Crippen LogP contribution in [-0.2, 0) is 4.79 Å². The van der Waals surface area contributed by atoms with Gasteiger partial charge in [0.05, 0.1) is 5.41 Å². The van der Waals surface area contributed by atoms with Gasteiger partial charge in [-0.05, 0) is 19.4 Å². The van der Waals surface area contributed by atoms with Gasteiger partial charge in [-0.1, -0.05) is 6.08 Å². The van der Waals surface area contributed by atoms with Crippen LogP contribution in [-0.4, -0.2) is 18.6 Å². The van der Waals surface area contributed by atoms with Gasteiger partial charge in [-0.3, -0.25) is 4.79 Å². The minimum Gasteiger partial charge on any atom is -0.298 e. The molecule has 0 fully saturated rings. The van der Waals surface area contributed by atoms with Gasteiger partial charge in [-0.2, -0.15) is 26.3 Å². The molecule has 1 atom stereocenters. The number of hydrogen-bond donors (Lipinski definition) is 0. The molecule has 0 aromatic carbocycles. The van der Waals surface area contributed by atoms with E-state index in [-0.39, 0.29) is 6.29 Å². The summed E-state index contributed by atoms with van der Waals surface area (Å²) < 4.78 is 75.1. The van der Waals surface area contributed by atoms with Gasteiger partial charge in [0, 0.05) is 11.1 Å². The molecule has 0 aromatic rings. The molecule has 0 saturated heterocycles. The van der Waals surface area contributed by atoms with Crippen LogP contribution in [0.4, 0.5) is 26.3 Å². The van der Waals surface area contributed by atoms with E-state index in [1.807, 2.05) is 0 Å². The van der Waals surface area contributed by atoms with Crippen molar-refractivity contribution < 1.29 is 31.1 Å². The average molecular weight is 258 g/mol. The van der Waals surface area contributed by atoms with Crippen LogP contribution in [0.15, 0.2) is 23.3 Å². The van der Waals surface area contributed by atoms with Crippen molar-refractivity contribution in [3.8, 4) is 0 Å². The van der Waals surface area contributed by atoms with Gasteiger partial charge in [0.1, 0.15) is 6.29 Å². The van der Waals surface area contributed by atoms with Crippen molar-refractivity contribution in [3.63, 3.8) is 0 Å². The number of halogens is 6. The van der Waals surface area contributed by atoms with Crippen molar-refractivity contribution in [1.82, 2.24) is 0 Å². The lowest BCUT2D eigenvalue weighted by molar-refractivity contribution is -0.204. The molecule has 1 aliphatic rings. The molecule has 0 heterocycles. The third kappa shape index (κ3) is 2.70. The second kappa shape index (κ2) is 3.89. The van der Waals surface area contributed by atoms with Crippen LogP contribution in [0, 0.1) is 5.41 Å². The topological polar surface area (TPSA) is 17.1 Å². The fourth-order valence-corrected chi connectivity index (χ4v) is 1.54. The van der Waals surface area contributed by atoms with Gasteiger partial charge in [0.2, 0.25) is 0 Å². The predicted molar refractivity (Wildman–Crippen MR) is 47.1 cm³/mol. The third-order valence-corrected chi connectivity index (χ3v) is 2.53. The lowest BCUT2D eigenvalue weighted by atomic mass is 9.77. The first-order valence-corrected chi connectivity index (χ1v) is 4.52. The first-order chi connectivity index (χ1) is 7.49. The first kappa shape index (κ1) is 13.8. The van der Waals surface area contributed by atoms with Gasteiger partial charge >= 0.3 is 12.4 Å². The molecule has 0 aliphatic heterocycles. The quantitative estimate of drug-likeness (QED) is 0.519. The Bertz CT molecular complexity index is 387. The molecular weight excluding hydrogens is 250 g/mol. The summed E-state index contributed by atoms with van der Waals surface area (Å²) in [4.78, 5) is 10.4. The standard InChI is InChI=1S/C10H8F6O/c1-8(10(14,15)16)3-6(5-17)2-7(4-8)9(11,12)13/h2-3,5H,4H2,1H3. The number of hydrogen-bond acceptors (Lipinski definition) is 1. The number of carbonyl (C=O) groups is 1. The number of allylic oxidation sites excluding steroid dienone is 4. The molecule has 1 rings (SSSR count). The van der Waals surface area contributed by atoms with E-state index in [2.05, 4.69) is 0 Å². The van der Waals surface area contributed by atoms with Crippen molar-refractivity contribution in [3.05, 3.63) is 23.3 Å². The molecule has 96 valence electrons. The Labute approximate surface area is 92.8 Å². The second-order valence-electron chi connectivity index (χ2n) is 4.02. The molecule has 0 saturated carbocycles. The van der Waals surface area contributed by atoms with Crippen LogP contribution in [0.3, 0.4) is 0 Å². The first-order valence-electron chi connectivity index (χ1n) is 4.52. The molecule has 1 unspecified atom stereocenters. The lowest BCUT2D eigenvalue weighted by Gasteiger charge is -2.33. The normalized spacial score (nSPS) is 26.3. The van der Waals surface area contributed by atoms with Crippen molar-refractivity contribution in [2.24, 2.45) is 5.41 Å². The summed E-state index contributed by atoms with van der Waals surface area (Å²) in [5, 5.41) is 0. The Morgan fingerprint density at radius 2 is 1.76 bits per heavy atom. The van der Waals surface area contributed by atoms with Crippen molar-refractivity contribution in [2.75, 3.05) is 0 Å². The van der Waals surface area contributed by atoms with E-state index in [1.54, 1.807) is 0 Å². The molecule has 7 heteroatoms. The Morgan fingerprint density at radius 3 is 2.12 bits per heavy atom. The zero-order chi connectivity index (χ0) is 13.5.